The molecule has 0 radical (unpaired) electrons. The molecule has 1 amide bonds. The van der Waals surface area contributed by atoms with Gasteiger partial charge in [0, 0.05) is 12.1 Å². The van der Waals surface area contributed by atoms with E-state index in [2.05, 4.69) is 14.8 Å². The van der Waals surface area contributed by atoms with E-state index in [4.69, 9.17) is 9.84 Å². The first-order chi connectivity index (χ1) is 13.0. The topological polar surface area (TPSA) is 111 Å². The number of phenolic OH excluding ortho intramolecular Hbond substituents is 1. The van der Waals surface area contributed by atoms with E-state index in [1.165, 1.54) is 6.42 Å². The Hall–Kier alpha value is -2.84. The number of aromatic hydroxyl groups is 1. The van der Waals surface area contributed by atoms with Crippen LogP contribution in [0.25, 0.3) is 0 Å². The number of nitrogens with one attached hydrogen (secondary N) is 1. The maximum absolute atomic E-state index is 13.4. The molecule has 2 N–H and O–H groups in total. The summed E-state index contributed by atoms with van der Waals surface area (Å²) < 4.78 is 27.2. The van der Waals surface area contributed by atoms with Crippen LogP contribution in [0.1, 0.15) is 60.7 Å². The maximum Gasteiger partial charge on any atom is 0.407 e. The molecular formula is C19H26FNO7. The minimum Gasteiger partial charge on any atom is -0.508 e. The van der Waals surface area contributed by atoms with Crippen LogP contribution in [-0.2, 0) is 14.2 Å². The Morgan fingerprint density at radius 2 is 1.68 bits per heavy atom. The van der Waals surface area contributed by atoms with Crippen LogP contribution < -0.4 is 5.32 Å². The summed E-state index contributed by atoms with van der Waals surface area (Å²) in [4.78, 5) is 33.6. The Labute approximate surface area is 163 Å². The predicted molar refractivity (Wildman–Crippen MR) is 97.8 cm³/mol. The normalized spacial score (nSPS) is 13.4. The number of ether oxygens (including phenoxy) is 3. The molecule has 1 saturated carbocycles. The van der Waals surface area contributed by atoms with E-state index < -0.39 is 29.1 Å². The standard InChI is InChI=1S/C10H9FO5.C9H17NO2/c1-15-9(13)6-3-5(12)4-7(11)8(6)10(14)16-2;1-9(2,3)12-8(11)10-7-5-4-6-7/h3-4,12H,1-2H3;7H,4-6H2,1-3H3,(H,10,11). The number of alkyl carbamates (subject to hydrolysis) is 1. The first kappa shape index (κ1) is 23.2. The highest BCUT2D eigenvalue weighted by atomic mass is 19.1. The van der Waals surface area contributed by atoms with Crippen molar-refractivity contribution in [2.45, 2.75) is 51.7 Å². The van der Waals surface area contributed by atoms with E-state index >= 15 is 0 Å². The molecule has 1 aromatic carbocycles. The van der Waals surface area contributed by atoms with Crippen LogP contribution in [0.3, 0.4) is 0 Å². The van der Waals surface area contributed by atoms with E-state index in [1.807, 2.05) is 20.8 Å². The molecule has 1 fully saturated rings. The van der Waals surface area contributed by atoms with Crippen LogP contribution in [0.5, 0.6) is 5.75 Å². The van der Waals surface area contributed by atoms with Crippen molar-refractivity contribution in [1.29, 1.82) is 0 Å². The molecule has 1 aliphatic rings. The van der Waals surface area contributed by atoms with Gasteiger partial charge in [0.05, 0.1) is 19.8 Å². The molecule has 0 spiro atoms. The van der Waals surface area contributed by atoms with Crippen molar-refractivity contribution in [3.63, 3.8) is 0 Å². The number of hydrogen-bond acceptors (Lipinski definition) is 7. The summed E-state index contributed by atoms with van der Waals surface area (Å²) in [6.45, 7) is 5.61. The minimum atomic E-state index is -1.05. The molecule has 0 aliphatic heterocycles. The number of phenols is 1. The van der Waals surface area contributed by atoms with Gasteiger partial charge in [0.2, 0.25) is 0 Å². The van der Waals surface area contributed by atoms with Gasteiger partial charge in [-0.05, 0) is 46.1 Å². The fraction of sp³-hybridized carbons (Fsp3) is 0.526. The van der Waals surface area contributed by atoms with Crippen LogP contribution in [0.2, 0.25) is 0 Å². The summed E-state index contributed by atoms with van der Waals surface area (Å²) in [5, 5.41) is 11.9. The molecule has 1 aromatic rings. The monoisotopic (exact) mass is 399 g/mol. The van der Waals surface area contributed by atoms with Crippen molar-refractivity contribution < 1.29 is 38.1 Å². The number of benzene rings is 1. The van der Waals surface area contributed by atoms with Crippen molar-refractivity contribution in [3.8, 4) is 5.75 Å². The molecule has 0 unspecified atom stereocenters. The number of halogens is 1. The van der Waals surface area contributed by atoms with E-state index in [0.29, 0.717) is 12.1 Å². The lowest BCUT2D eigenvalue weighted by atomic mass is 9.93. The highest BCUT2D eigenvalue weighted by Gasteiger charge is 2.24. The number of carbonyl (C=O) groups is 3. The summed E-state index contributed by atoms with van der Waals surface area (Å²) in [7, 11) is 2.13. The van der Waals surface area contributed by atoms with Crippen molar-refractivity contribution in [1.82, 2.24) is 5.32 Å². The number of hydrogen-bond donors (Lipinski definition) is 2. The molecule has 2 rings (SSSR count). The molecule has 0 heterocycles. The first-order valence-electron chi connectivity index (χ1n) is 8.67. The van der Waals surface area contributed by atoms with Gasteiger partial charge >= 0.3 is 18.0 Å². The van der Waals surface area contributed by atoms with Gasteiger partial charge in [0.15, 0.2) is 0 Å². The average molecular weight is 399 g/mol. The minimum absolute atomic E-state index is 0.285. The van der Waals surface area contributed by atoms with E-state index in [9.17, 15) is 18.8 Å². The molecule has 0 atom stereocenters. The summed E-state index contributed by atoms with van der Waals surface area (Å²) in [5.74, 6) is -3.48. The second-order valence-corrected chi connectivity index (χ2v) is 7.11. The quantitative estimate of drug-likeness (QED) is 0.593. The Bertz CT molecular complexity index is 724. The smallest absolute Gasteiger partial charge is 0.407 e. The van der Waals surface area contributed by atoms with Crippen LogP contribution >= 0.6 is 0 Å². The molecule has 0 aromatic heterocycles. The van der Waals surface area contributed by atoms with Gasteiger partial charge in [-0.2, -0.15) is 0 Å². The van der Waals surface area contributed by atoms with Crippen molar-refractivity contribution in [3.05, 3.63) is 29.1 Å². The molecule has 156 valence electrons. The van der Waals surface area contributed by atoms with E-state index in [-0.39, 0.29) is 17.3 Å². The van der Waals surface area contributed by atoms with Gasteiger partial charge in [-0.3, -0.25) is 0 Å². The zero-order valence-corrected chi connectivity index (χ0v) is 16.6. The zero-order chi connectivity index (χ0) is 21.5. The lowest BCUT2D eigenvalue weighted by molar-refractivity contribution is 0.0478. The third kappa shape index (κ3) is 7.05. The molecule has 28 heavy (non-hydrogen) atoms. The third-order valence-electron chi connectivity index (χ3n) is 3.70. The maximum atomic E-state index is 13.4. The number of rotatable bonds is 3. The van der Waals surface area contributed by atoms with E-state index in [0.717, 1.165) is 33.1 Å². The second kappa shape index (κ2) is 9.91. The van der Waals surface area contributed by atoms with Gasteiger partial charge in [0.25, 0.3) is 0 Å². The number of carbonyl (C=O) groups excluding carboxylic acids is 3. The second-order valence-electron chi connectivity index (χ2n) is 7.11. The van der Waals surface area contributed by atoms with Crippen LogP contribution in [0.4, 0.5) is 9.18 Å². The van der Waals surface area contributed by atoms with Gasteiger partial charge in [-0.25, -0.2) is 18.8 Å². The largest absolute Gasteiger partial charge is 0.508 e. The molecule has 0 saturated heterocycles. The number of methoxy groups -OCH3 is 2. The molecule has 1 aliphatic carbocycles. The Balaban J connectivity index is 0.000000292. The summed E-state index contributed by atoms with van der Waals surface area (Å²) in [6, 6.07) is 2.00. The molecule has 8 nitrogen and oxygen atoms in total. The molecule has 0 bridgehead atoms. The number of esters is 2. The molecular weight excluding hydrogens is 373 g/mol. The zero-order valence-electron chi connectivity index (χ0n) is 16.6. The Morgan fingerprint density at radius 1 is 1.11 bits per heavy atom. The predicted octanol–water partition coefficient (Wildman–Crippen LogP) is 3.17. The average Bonchev–Trinajstić information content (AvgIpc) is 2.55. The van der Waals surface area contributed by atoms with E-state index in [1.54, 1.807) is 0 Å². The Morgan fingerprint density at radius 3 is 2.11 bits per heavy atom. The van der Waals surface area contributed by atoms with Crippen LogP contribution in [0.15, 0.2) is 12.1 Å². The van der Waals surface area contributed by atoms with Gasteiger partial charge in [-0.15, -0.1) is 0 Å². The van der Waals surface area contributed by atoms with Crippen molar-refractivity contribution in [2.24, 2.45) is 0 Å². The summed E-state index contributed by atoms with van der Waals surface area (Å²) in [5.41, 5.74) is -1.33. The lowest BCUT2D eigenvalue weighted by Crippen LogP contribution is -2.42. The van der Waals surface area contributed by atoms with Gasteiger partial charge in [0.1, 0.15) is 22.7 Å². The van der Waals surface area contributed by atoms with Crippen molar-refractivity contribution in [2.75, 3.05) is 14.2 Å². The van der Waals surface area contributed by atoms with Crippen molar-refractivity contribution >= 4 is 18.0 Å². The van der Waals surface area contributed by atoms with Gasteiger partial charge < -0.3 is 24.6 Å². The summed E-state index contributed by atoms with van der Waals surface area (Å²) >= 11 is 0. The highest BCUT2D eigenvalue weighted by molar-refractivity contribution is 6.03. The third-order valence-corrected chi connectivity index (χ3v) is 3.70. The summed E-state index contributed by atoms with van der Waals surface area (Å²) in [6.07, 6.45) is 3.13. The SMILES string of the molecule is CC(C)(C)OC(=O)NC1CCC1.COC(=O)c1cc(O)cc(F)c1C(=O)OC. The lowest BCUT2D eigenvalue weighted by Gasteiger charge is -2.28. The first-order valence-corrected chi connectivity index (χ1v) is 8.67. The highest BCUT2D eigenvalue weighted by Crippen LogP contribution is 2.22. The number of amides is 1. The fourth-order valence-electron chi connectivity index (χ4n) is 2.20. The van der Waals surface area contributed by atoms with Crippen LogP contribution in [-0.4, -0.2) is 49.0 Å². The fourth-order valence-corrected chi connectivity index (χ4v) is 2.20. The Kier molecular flexibility index (Phi) is 8.21. The van der Waals surface area contributed by atoms with Gasteiger partial charge in [-0.1, -0.05) is 0 Å². The molecule has 9 heteroatoms. The van der Waals surface area contributed by atoms with Crippen LogP contribution in [0, 0.1) is 5.82 Å².